The van der Waals surface area contributed by atoms with Crippen molar-refractivity contribution in [1.82, 2.24) is 4.90 Å². The van der Waals surface area contributed by atoms with Gasteiger partial charge in [-0.2, -0.15) is 0 Å². The summed E-state index contributed by atoms with van der Waals surface area (Å²) < 4.78 is 0. The Morgan fingerprint density at radius 2 is 2.00 bits per heavy atom. The Bertz CT molecular complexity index is 468. The number of rotatable bonds is 3. The van der Waals surface area contributed by atoms with Gasteiger partial charge in [0.25, 0.3) is 0 Å². The molecule has 0 bridgehead atoms. The Balaban J connectivity index is 2.37. The van der Waals surface area contributed by atoms with Crippen LogP contribution in [0, 0.1) is 0 Å². The van der Waals surface area contributed by atoms with Crippen molar-refractivity contribution in [3.05, 3.63) is 35.4 Å². The average Bonchev–Trinajstić information content (AvgIpc) is 2.59. The van der Waals surface area contributed by atoms with E-state index in [0.717, 1.165) is 19.3 Å². The van der Waals surface area contributed by atoms with E-state index >= 15 is 0 Å². The number of likely N-dealkylation sites (N-methyl/N-ethyl adjacent to an activating group) is 1. The van der Waals surface area contributed by atoms with Crippen LogP contribution in [-0.4, -0.2) is 28.6 Å². The summed E-state index contributed by atoms with van der Waals surface area (Å²) in [6.07, 6.45) is 4.48. The summed E-state index contributed by atoms with van der Waals surface area (Å²) >= 11 is 0. The highest BCUT2D eigenvalue weighted by molar-refractivity contribution is 5.77. The molecule has 1 N–H and O–H groups in total. The summed E-state index contributed by atoms with van der Waals surface area (Å²) in [5, 5.41) is 9.42. The van der Waals surface area contributed by atoms with Crippen LogP contribution in [-0.2, 0) is 11.2 Å². The van der Waals surface area contributed by atoms with Crippen molar-refractivity contribution in [2.24, 2.45) is 0 Å². The van der Waals surface area contributed by atoms with Crippen molar-refractivity contribution in [2.75, 3.05) is 7.05 Å². The molecule has 19 heavy (non-hydrogen) atoms. The zero-order valence-electron chi connectivity index (χ0n) is 12.0. The lowest BCUT2D eigenvalue weighted by Gasteiger charge is -2.38. The average molecular weight is 261 g/mol. The molecule has 0 saturated heterocycles. The van der Waals surface area contributed by atoms with E-state index in [1.54, 1.807) is 13.8 Å². The van der Waals surface area contributed by atoms with E-state index < -0.39 is 11.5 Å². The van der Waals surface area contributed by atoms with Crippen molar-refractivity contribution in [3.63, 3.8) is 0 Å². The van der Waals surface area contributed by atoms with Gasteiger partial charge in [0, 0.05) is 6.04 Å². The lowest BCUT2D eigenvalue weighted by atomic mass is 9.93. The molecule has 2 rings (SSSR count). The molecule has 0 amide bonds. The van der Waals surface area contributed by atoms with Gasteiger partial charge in [-0.3, -0.25) is 9.69 Å². The van der Waals surface area contributed by atoms with Crippen molar-refractivity contribution >= 4 is 5.97 Å². The number of benzene rings is 1. The van der Waals surface area contributed by atoms with Gasteiger partial charge in [-0.25, -0.2) is 0 Å². The van der Waals surface area contributed by atoms with Crippen molar-refractivity contribution < 1.29 is 9.90 Å². The highest BCUT2D eigenvalue weighted by Crippen LogP contribution is 2.35. The molecule has 0 heterocycles. The maximum Gasteiger partial charge on any atom is 0.323 e. The molecule has 1 aliphatic carbocycles. The highest BCUT2D eigenvalue weighted by atomic mass is 16.4. The fourth-order valence-corrected chi connectivity index (χ4v) is 2.84. The number of hydrogen-bond acceptors (Lipinski definition) is 2. The van der Waals surface area contributed by atoms with Crippen LogP contribution in [0.5, 0.6) is 0 Å². The van der Waals surface area contributed by atoms with Gasteiger partial charge >= 0.3 is 5.97 Å². The van der Waals surface area contributed by atoms with Crippen LogP contribution in [0.15, 0.2) is 24.3 Å². The monoisotopic (exact) mass is 261 g/mol. The van der Waals surface area contributed by atoms with Crippen molar-refractivity contribution in [1.29, 1.82) is 0 Å². The van der Waals surface area contributed by atoms with Crippen LogP contribution in [0.4, 0.5) is 0 Å². The molecule has 3 heteroatoms. The molecular formula is C16H23NO2. The number of fused-ring (bicyclic) bond motifs is 1. The van der Waals surface area contributed by atoms with Gasteiger partial charge in [-0.1, -0.05) is 30.7 Å². The summed E-state index contributed by atoms with van der Waals surface area (Å²) in [4.78, 5) is 13.5. The van der Waals surface area contributed by atoms with Crippen LogP contribution in [0.2, 0.25) is 0 Å². The molecule has 0 fully saturated rings. The highest BCUT2D eigenvalue weighted by Gasteiger charge is 2.37. The largest absolute Gasteiger partial charge is 0.480 e. The molecule has 1 aliphatic rings. The van der Waals surface area contributed by atoms with Gasteiger partial charge < -0.3 is 5.11 Å². The van der Waals surface area contributed by atoms with E-state index in [1.807, 2.05) is 11.9 Å². The van der Waals surface area contributed by atoms with Gasteiger partial charge in [-0.05, 0) is 51.3 Å². The van der Waals surface area contributed by atoms with Crippen LogP contribution in [0.3, 0.4) is 0 Å². The topological polar surface area (TPSA) is 40.5 Å². The third-order valence-electron chi connectivity index (χ3n) is 4.46. The van der Waals surface area contributed by atoms with Gasteiger partial charge in [0.2, 0.25) is 0 Å². The third kappa shape index (κ3) is 2.66. The number of carbonyl (C=O) groups is 1. The van der Waals surface area contributed by atoms with Gasteiger partial charge in [0.1, 0.15) is 5.54 Å². The molecule has 3 nitrogen and oxygen atoms in total. The first-order chi connectivity index (χ1) is 8.94. The normalized spacial score (nSPS) is 19.9. The van der Waals surface area contributed by atoms with E-state index in [-0.39, 0.29) is 6.04 Å². The molecule has 1 unspecified atom stereocenters. The molecule has 0 radical (unpaired) electrons. The zero-order valence-corrected chi connectivity index (χ0v) is 12.0. The van der Waals surface area contributed by atoms with E-state index in [4.69, 9.17) is 0 Å². The maximum atomic E-state index is 11.5. The second-order valence-corrected chi connectivity index (χ2v) is 5.94. The van der Waals surface area contributed by atoms with Gasteiger partial charge in [0.05, 0.1) is 0 Å². The zero-order chi connectivity index (χ0) is 14.0. The number of hydrogen-bond donors (Lipinski definition) is 1. The molecule has 1 aromatic carbocycles. The summed E-state index contributed by atoms with van der Waals surface area (Å²) in [5.74, 6) is -0.767. The first kappa shape index (κ1) is 14.1. The lowest BCUT2D eigenvalue weighted by molar-refractivity contribution is -0.150. The molecular weight excluding hydrogens is 238 g/mol. The van der Waals surface area contributed by atoms with Crippen LogP contribution in [0.25, 0.3) is 0 Å². The fraction of sp³-hybridized carbons (Fsp3) is 0.562. The summed E-state index contributed by atoms with van der Waals surface area (Å²) in [7, 11) is 1.93. The predicted octanol–water partition coefficient (Wildman–Crippen LogP) is 3.25. The quantitative estimate of drug-likeness (QED) is 0.849. The summed E-state index contributed by atoms with van der Waals surface area (Å²) in [6, 6.07) is 8.65. The molecule has 1 aromatic rings. The minimum absolute atomic E-state index is 0.199. The molecule has 1 atom stereocenters. The molecule has 0 saturated carbocycles. The smallest absolute Gasteiger partial charge is 0.323 e. The molecule has 0 aliphatic heterocycles. The lowest BCUT2D eigenvalue weighted by Crippen LogP contribution is -2.49. The molecule has 104 valence electrons. The number of nitrogens with zero attached hydrogens (tertiary/aromatic N) is 1. The Morgan fingerprint density at radius 3 is 2.68 bits per heavy atom. The Kier molecular flexibility index (Phi) is 3.95. The maximum absolute atomic E-state index is 11.5. The van der Waals surface area contributed by atoms with E-state index in [9.17, 15) is 9.90 Å². The number of aryl methyl sites for hydroxylation is 1. The summed E-state index contributed by atoms with van der Waals surface area (Å²) in [6.45, 7) is 3.56. The Morgan fingerprint density at radius 1 is 1.32 bits per heavy atom. The van der Waals surface area contributed by atoms with Crippen LogP contribution < -0.4 is 0 Å². The van der Waals surface area contributed by atoms with Crippen molar-refractivity contribution in [2.45, 2.75) is 51.1 Å². The van der Waals surface area contributed by atoms with Crippen LogP contribution >= 0.6 is 0 Å². The second-order valence-electron chi connectivity index (χ2n) is 5.94. The minimum Gasteiger partial charge on any atom is -0.480 e. The number of carboxylic acid groups (broad SMARTS) is 1. The van der Waals surface area contributed by atoms with E-state index in [2.05, 4.69) is 24.3 Å². The number of aliphatic carboxylic acids is 1. The number of carboxylic acids is 1. The Labute approximate surface area is 115 Å². The van der Waals surface area contributed by atoms with Gasteiger partial charge in [-0.15, -0.1) is 0 Å². The first-order valence-corrected chi connectivity index (χ1v) is 6.98. The van der Waals surface area contributed by atoms with E-state index in [1.165, 1.54) is 17.5 Å². The van der Waals surface area contributed by atoms with Crippen LogP contribution in [0.1, 0.15) is 50.3 Å². The molecule has 0 aromatic heterocycles. The SMILES string of the molecule is CN(C1CCCCc2ccccc21)C(C)(C)C(=O)O. The fourth-order valence-electron chi connectivity index (χ4n) is 2.84. The molecule has 0 spiro atoms. The summed E-state index contributed by atoms with van der Waals surface area (Å²) in [5.41, 5.74) is 1.83. The first-order valence-electron chi connectivity index (χ1n) is 6.98. The van der Waals surface area contributed by atoms with E-state index in [0.29, 0.717) is 0 Å². The standard InChI is InChI=1S/C16H23NO2/c1-16(2,15(18)19)17(3)14-11-7-5-9-12-8-4-6-10-13(12)14/h4,6,8,10,14H,5,7,9,11H2,1-3H3,(H,18,19). The Hall–Kier alpha value is -1.35. The van der Waals surface area contributed by atoms with Gasteiger partial charge in [0.15, 0.2) is 0 Å². The second kappa shape index (κ2) is 5.33. The predicted molar refractivity (Wildman–Crippen MR) is 76.2 cm³/mol. The third-order valence-corrected chi connectivity index (χ3v) is 4.46. The minimum atomic E-state index is -0.845. The van der Waals surface area contributed by atoms with Crippen molar-refractivity contribution in [3.8, 4) is 0 Å².